The van der Waals surface area contributed by atoms with Crippen LogP contribution in [0.15, 0.2) is 6.20 Å². The van der Waals surface area contributed by atoms with Crippen molar-refractivity contribution >= 4 is 16.5 Å². The molecule has 3 atom stereocenters. The normalized spacial score (nSPS) is 28.2. The van der Waals surface area contributed by atoms with Gasteiger partial charge in [0.15, 0.2) is 5.13 Å². The molecule has 4 rings (SSSR count). The Bertz CT molecular complexity index is 446. The lowest BCUT2D eigenvalue weighted by atomic mass is 9.86. The summed E-state index contributed by atoms with van der Waals surface area (Å²) in [7, 11) is 4.12. The minimum Gasteiger partial charge on any atom is -0.354 e. The Kier molecular flexibility index (Phi) is 4.02. The maximum Gasteiger partial charge on any atom is 0.185 e. The van der Waals surface area contributed by atoms with Crippen LogP contribution in [0.5, 0.6) is 0 Å². The molecule has 0 aromatic carbocycles. The van der Waals surface area contributed by atoms with Gasteiger partial charge in [0.1, 0.15) is 0 Å². The molecule has 0 N–H and O–H groups in total. The van der Waals surface area contributed by atoms with Crippen molar-refractivity contribution < 1.29 is 0 Å². The first-order valence-electron chi connectivity index (χ1n) is 7.70. The number of aromatic nitrogens is 1. The monoisotopic (exact) mass is 294 g/mol. The van der Waals surface area contributed by atoms with E-state index in [2.05, 4.69) is 53.8 Å². The third-order valence-corrected chi connectivity index (χ3v) is 6.00. The van der Waals surface area contributed by atoms with Gasteiger partial charge >= 0.3 is 0 Å². The number of rotatable bonds is 5. The van der Waals surface area contributed by atoms with Crippen molar-refractivity contribution in [2.45, 2.75) is 51.4 Å². The van der Waals surface area contributed by atoms with Crippen LogP contribution in [-0.2, 0) is 6.54 Å². The molecule has 112 valence electrons. The zero-order valence-corrected chi connectivity index (χ0v) is 13.9. The predicted molar refractivity (Wildman–Crippen MR) is 85.5 cm³/mol. The van der Waals surface area contributed by atoms with E-state index < -0.39 is 0 Å². The van der Waals surface area contributed by atoms with E-state index in [9.17, 15) is 0 Å². The fourth-order valence-corrected chi connectivity index (χ4v) is 4.19. The Labute approximate surface area is 126 Å². The van der Waals surface area contributed by atoms with Crippen molar-refractivity contribution in [2.75, 3.05) is 32.1 Å². The van der Waals surface area contributed by atoms with Gasteiger partial charge in [0.2, 0.25) is 0 Å². The van der Waals surface area contributed by atoms with Crippen LogP contribution < -0.4 is 4.90 Å². The van der Waals surface area contributed by atoms with Gasteiger partial charge in [-0.25, -0.2) is 4.98 Å². The molecule has 3 aliphatic heterocycles. The van der Waals surface area contributed by atoms with Crippen LogP contribution in [0.4, 0.5) is 5.13 Å². The van der Waals surface area contributed by atoms with E-state index >= 15 is 0 Å². The summed E-state index contributed by atoms with van der Waals surface area (Å²) in [5.74, 6) is 0. The Morgan fingerprint density at radius 1 is 1.40 bits per heavy atom. The van der Waals surface area contributed by atoms with E-state index in [4.69, 9.17) is 0 Å². The molecule has 0 aliphatic carbocycles. The molecule has 4 heterocycles. The second-order valence-corrected chi connectivity index (χ2v) is 7.52. The first-order valence-corrected chi connectivity index (χ1v) is 8.52. The van der Waals surface area contributed by atoms with E-state index in [1.54, 1.807) is 0 Å². The lowest BCUT2D eigenvalue weighted by Gasteiger charge is -2.57. The maximum absolute atomic E-state index is 4.48. The van der Waals surface area contributed by atoms with Gasteiger partial charge in [0, 0.05) is 62.9 Å². The molecule has 2 bridgehead atoms. The summed E-state index contributed by atoms with van der Waals surface area (Å²) >= 11 is 1.83. The number of piperazine rings is 1. The minimum atomic E-state index is 0.742. The lowest BCUT2D eigenvalue weighted by Crippen LogP contribution is -2.69. The van der Waals surface area contributed by atoms with E-state index in [-0.39, 0.29) is 0 Å². The molecule has 20 heavy (non-hydrogen) atoms. The number of fused-ring (bicyclic) bond motifs is 2. The van der Waals surface area contributed by atoms with Gasteiger partial charge < -0.3 is 4.90 Å². The van der Waals surface area contributed by atoms with Crippen molar-refractivity contribution in [3.8, 4) is 0 Å². The molecule has 0 radical (unpaired) electrons. The Balaban J connectivity index is 1.58. The summed E-state index contributed by atoms with van der Waals surface area (Å²) in [6.45, 7) is 8.26. The van der Waals surface area contributed by atoms with Crippen LogP contribution in [0.25, 0.3) is 0 Å². The highest BCUT2D eigenvalue weighted by atomic mass is 32.1. The molecule has 1 aromatic heterocycles. The smallest absolute Gasteiger partial charge is 0.185 e. The Morgan fingerprint density at radius 2 is 2.10 bits per heavy atom. The second kappa shape index (κ2) is 5.62. The highest BCUT2D eigenvalue weighted by molar-refractivity contribution is 7.15. The summed E-state index contributed by atoms with van der Waals surface area (Å²) in [5, 5.41) is 1.12. The van der Waals surface area contributed by atoms with Crippen LogP contribution in [0.3, 0.4) is 0 Å². The number of nitrogens with zero attached hydrogens (tertiary/aromatic N) is 4. The number of piperidine rings is 1. The predicted octanol–water partition coefficient (Wildman–Crippen LogP) is 2.27. The summed E-state index contributed by atoms with van der Waals surface area (Å²) in [4.78, 5) is 13.3. The third kappa shape index (κ3) is 2.59. The van der Waals surface area contributed by atoms with Gasteiger partial charge in [0.25, 0.3) is 0 Å². The topological polar surface area (TPSA) is 22.6 Å². The molecule has 4 nitrogen and oxygen atoms in total. The summed E-state index contributed by atoms with van der Waals surface area (Å²) in [6, 6.07) is 2.28. The van der Waals surface area contributed by atoms with Gasteiger partial charge in [-0.2, -0.15) is 0 Å². The van der Waals surface area contributed by atoms with Crippen LogP contribution in [0.1, 0.15) is 31.6 Å². The SMILES string of the molecule is CCC(C)N1CC2CC(C1)N2Cc1cnc(N(C)C)s1. The number of hydrogen-bond donors (Lipinski definition) is 0. The average molecular weight is 294 g/mol. The van der Waals surface area contributed by atoms with Crippen molar-refractivity contribution in [1.29, 1.82) is 0 Å². The number of hydrogen-bond acceptors (Lipinski definition) is 5. The molecule has 0 saturated carbocycles. The van der Waals surface area contributed by atoms with Crippen molar-refractivity contribution in [1.82, 2.24) is 14.8 Å². The van der Waals surface area contributed by atoms with Crippen LogP contribution in [0.2, 0.25) is 0 Å². The standard InChI is InChI=1S/C15H26N4S/c1-5-11(2)18-8-12-6-13(9-18)19(12)10-14-7-16-15(20-14)17(3)4/h7,11-13H,5-6,8-10H2,1-4H3. The van der Waals surface area contributed by atoms with E-state index in [1.165, 1.54) is 30.8 Å². The maximum atomic E-state index is 4.48. The third-order valence-electron chi connectivity index (χ3n) is 4.85. The van der Waals surface area contributed by atoms with Crippen LogP contribution in [0, 0.1) is 0 Å². The van der Waals surface area contributed by atoms with Crippen molar-refractivity contribution in [3.63, 3.8) is 0 Å². The van der Waals surface area contributed by atoms with Gasteiger partial charge in [-0.1, -0.05) is 6.92 Å². The zero-order chi connectivity index (χ0) is 14.3. The Hall–Kier alpha value is -0.650. The summed E-state index contributed by atoms with van der Waals surface area (Å²) in [5.41, 5.74) is 0. The molecule has 3 unspecified atom stereocenters. The molecule has 1 aromatic rings. The second-order valence-electron chi connectivity index (χ2n) is 6.43. The zero-order valence-electron chi connectivity index (χ0n) is 13.0. The molecule has 0 amide bonds. The van der Waals surface area contributed by atoms with Crippen LogP contribution >= 0.6 is 11.3 Å². The first-order chi connectivity index (χ1) is 9.58. The highest BCUT2D eigenvalue weighted by Crippen LogP contribution is 2.36. The fraction of sp³-hybridized carbons (Fsp3) is 0.800. The first kappa shape index (κ1) is 14.3. The van der Waals surface area contributed by atoms with Crippen LogP contribution in [-0.4, -0.2) is 60.1 Å². The number of thiazole rings is 1. The molecule has 3 fully saturated rings. The molecular weight excluding hydrogens is 268 g/mol. The fourth-order valence-electron chi connectivity index (χ4n) is 3.35. The minimum absolute atomic E-state index is 0.742. The quantitative estimate of drug-likeness (QED) is 0.831. The van der Waals surface area contributed by atoms with Gasteiger partial charge in [-0.3, -0.25) is 9.80 Å². The Morgan fingerprint density at radius 3 is 2.65 bits per heavy atom. The van der Waals surface area contributed by atoms with E-state index in [1.807, 2.05) is 11.3 Å². The molecule has 5 heteroatoms. The van der Waals surface area contributed by atoms with Crippen molar-refractivity contribution in [3.05, 3.63) is 11.1 Å². The van der Waals surface area contributed by atoms with E-state index in [0.717, 1.165) is 29.8 Å². The van der Waals surface area contributed by atoms with Gasteiger partial charge in [0.05, 0.1) is 0 Å². The van der Waals surface area contributed by atoms with Crippen molar-refractivity contribution in [2.24, 2.45) is 0 Å². The summed E-state index contributed by atoms with van der Waals surface area (Å²) in [6.07, 6.45) is 4.72. The van der Waals surface area contributed by atoms with E-state index in [0.29, 0.717) is 0 Å². The molecule has 3 saturated heterocycles. The molecule has 0 spiro atoms. The molecular formula is C15H26N4S. The average Bonchev–Trinajstić information content (AvgIpc) is 2.93. The summed E-state index contributed by atoms with van der Waals surface area (Å²) < 4.78 is 0. The van der Waals surface area contributed by atoms with Gasteiger partial charge in [-0.05, 0) is 19.8 Å². The largest absolute Gasteiger partial charge is 0.354 e. The number of anilines is 1. The van der Waals surface area contributed by atoms with Gasteiger partial charge in [-0.15, -0.1) is 11.3 Å². The lowest BCUT2D eigenvalue weighted by molar-refractivity contribution is -0.0852. The molecule has 3 aliphatic rings. The highest BCUT2D eigenvalue weighted by Gasteiger charge is 2.45.